The first kappa shape index (κ1) is 19.5. The first-order chi connectivity index (χ1) is 12.5. The van der Waals surface area contributed by atoms with Gasteiger partial charge in [0, 0.05) is 0 Å². The fourth-order valence-electron chi connectivity index (χ4n) is 2.57. The van der Waals surface area contributed by atoms with E-state index < -0.39 is 18.0 Å². The van der Waals surface area contributed by atoms with Gasteiger partial charge in [0.25, 0.3) is 0 Å². The number of ether oxygens (including phenoxy) is 2. The average molecular weight is 356 g/mol. The summed E-state index contributed by atoms with van der Waals surface area (Å²) in [5.41, 5.74) is 0.975. The third-order valence-corrected chi connectivity index (χ3v) is 4.29. The van der Waals surface area contributed by atoms with Gasteiger partial charge in [-0.2, -0.15) is 0 Å². The van der Waals surface area contributed by atoms with Gasteiger partial charge in [0.15, 0.2) is 6.10 Å². The number of rotatable bonds is 8. The molecule has 1 N–H and O–H groups in total. The minimum Gasteiger partial charge on any atom is -0.478 e. The van der Waals surface area contributed by atoms with Gasteiger partial charge in [-0.15, -0.1) is 0 Å². The normalized spacial score (nSPS) is 12.9. The molecule has 0 radical (unpaired) electrons. The van der Waals surface area contributed by atoms with Crippen molar-refractivity contribution in [1.82, 2.24) is 0 Å². The summed E-state index contributed by atoms with van der Waals surface area (Å²) in [6.07, 6.45) is 0.540. The summed E-state index contributed by atoms with van der Waals surface area (Å²) in [4.78, 5) is 23.8. The molecule has 0 aliphatic rings. The number of carbonyl (C=O) groups is 2. The van der Waals surface area contributed by atoms with Crippen LogP contribution in [0.4, 0.5) is 0 Å². The zero-order valence-corrected chi connectivity index (χ0v) is 15.3. The maximum atomic E-state index is 12.5. The summed E-state index contributed by atoms with van der Waals surface area (Å²) < 4.78 is 11.2. The Balaban J connectivity index is 2.20. The quantitative estimate of drug-likeness (QED) is 0.550. The smallest absolute Gasteiger partial charge is 0.352 e. The lowest BCUT2D eigenvalue weighted by Crippen LogP contribution is -2.31. The van der Waals surface area contributed by atoms with Gasteiger partial charge in [-0.3, -0.25) is 0 Å². The molecule has 2 aromatic rings. The molecule has 0 bridgehead atoms. The van der Waals surface area contributed by atoms with Crippen LogP contribution >= 0.6 is 0 Å². The molecule has 2 atom stereocenters. The number of hydrogen-bond acceptors (Lipinski definition) is 4. The number of esters is 1. The zero-order valence-electron chi connectivity index (χ0n) is 15.3. The van der Waals surface area contributed by atoms with E-state index in [1.807, 2.05) is 31.2 Å². The highest BCUT2D eigenvalue weighted by molar-refractivity contribution is 5.92. The van der Waals surface area contributed by atoms with E-state index in [0.29, 0.717) is 18.1 Å². The predicted molar refractivity (Wildman–Crippen MR) is 98.9 cm³/mol. The van der Waals surface area contributed by atoms with Crippen LogP contribution in [0.1, 0.15) is 55.5 Å². The van der Waals surface area contributed by atoms with Crippen molar-refractivity contribution in [3.63, 3.8) is 0 Å². The lowest BCUT2D eigenvalue weighted by Gasteiger charge is -2.21. The molecule has 0 saturated heterocycles. The lowest BCUT2D eigenvalue weighted by atomic mass is 9.98. The Bertz CT molecular complexity index is 769. The molecule has 5 nitrogen and oxygen atoms in total. The Morgan fingerprint density at radius 2 is 1.58 bits per heavy atom. The number of aromatic carboxylic acids is 1. The van der Waals surface area contributed by atoms with Crippen LogP contribution in [-0.2, 0) is 4.79 Å². The van der Waals surface area contributed by atoms with Crippen molar-refractivity contribution in [1.29, 1.82) is 0 Å². The van der Waals surface area contributed by atoms with E-state index in [9.17, 15) is 14.7 Å². The fourth-order valence-corrected chi connectivity index (χ4v) is 2.57. The maximum Gasteiger partial charge on any atom is 0.352 e. The molecule has 0 fully saturated rings. The Kier molecular flexibility index (Phi) is 6.78. The summed E-state index contributed by atoms with van der Waals surface area (Å²) in [5.74, 6) is -0.795. The first-order valence-electron chi connectivity index (χ1n) is 8.77. The lowest BCUT2D eigenvalue weighted by molar-refractivity contribution is -0.142. The van der Waals surface area contributed by atoms with E-state index in [1.165, 1.54) is 12.1 Å². The minimum atomic E-state index is -1.15. The number of carbonyl (C=O) groups excluding carboxylic acids is 1. The third kappa shape index (κ3) is 4.63. The molecule has 2 unspecified atom stereocenters. The molecule has 2 rings (SSSR count). The molecule has 0 amide bonds. The summed E-state index contributed by atoms with van der Waals surface area (Å²) in [5, 5.41) is 9.21. The van der Waals surface area contributed by atoms with Gasteiger partial charge in [-0.1, -0.05) is 51.1 Å². The second-order valence-corrected chi connectivity index (χ2v) is 6.08. The van der Waals surface area contributed by atoms with Crippen molar-refractivity contribution in [3.8, 4) is 11.5 Å². The summed E-state index contributed by atoms with van der Waals surface area (Å²) in [6.45, 7) is 6.02. The van der Waals surface area contributed by atoms with Crippen LogP contribution in [0.25, 0.3) is 0 Å². The summed E-state index contributed by atoms with van der Waals surface area (Å²) in [6, 6.07) is 13.7. The highest BCUT2D eigenvalue weighted by Crippen LogP contribution is 2.30. The van der Waals surface area contributed by atoms with Gasteiger partial charge in [-0.05, 0) is 42.5 Å². The van der Waals surface area contributed by atoms with Crippen molar-refractivity contribution >= 4 is 11.9 Å². The molecular weight excluding hydrogens is 332 g/mol. The summed E-state index contributed by atoms with van der Waals surface area (Å²) >= 11 is 0. The molecule has 138 valence electrons. The van der Waals surface area contributed by atoms with E-state index in [4.69, 9.17) is 9.47 Å². The molecule has 0 heterocycles. The van der Waals surface area contributed by atoms with Crippen molar-refractivity contribution in [2.45, 2.75) is 45.6 Å². The number of carboxylic acid groups (broad SMARTS) is 1. The number of hydrogen-bond donors (Lipinski definition) is 1. The second-order valence-electron chi connectivity index (χ2n) is 6.08. The van der Waals surface area contributed by atoms with Crippen molar-refractivity contribution in [2.24, 2.45) is 0 Å². The maximum absolute atomic E-state index is 12.5. The van der Waals surface area contributed by atoms with Crippen LogP contribution in [0, 0.1) is 0 Å². The van der Waals surface area contributed by atoms with Gasteiger partial charge in [0.2, 0.25) is 0 Å². The van der Waals surface area contributed by atoms with E-state index in [0.717, 1.165) is 12.0 Å². The number of carboxylic acids is 1. The SMILES string of the molecule is CCC(Oc1ccccc1C(C)CC)C(=O)Oc1ccccc1C(=O)O. The van der Waals surface area contributed by atoms with Crippen molar-refractivity contribution in [2.75, 3.05) is 0 Å². The van der Waals surface area contributed by atoms with Crippen LogP contribution in [0.5, 0.6) is 11.5 Å². The molecule has 26 heavy (non-hydrogen) atoms. The van der Waals surface area contributed by atoms with Crippen LogP contribution in [-0.4, -0.2) is 23.1 Å². The minimum absolute atomic E-state index is 0.0160. The van der Waals surface area contributed by atoms with E-state index in [1.54, 1.807) is 12.1 Å². The fraction of sp³-hybridized carbons (Fsp3) is 0.333. The van der Waals surface area contributed by atoms with Gasteiger partial charge < -0.3 is 14.6 Å². The van der Waals surface area contributed by atoms with Crippen molar-refractivity contribution < 1.29 is 24.2 Å². The monoisotopic (exact) mass is 356 g/mol. The van der Waals surface area contributed by atoms with Gasteiger partial charge >= 0.3 is 11.9 Å². The Morgan fingerprint density at radius 3 is 2.19 bits per heavy atom. The highest BCUT2D eigenvalue weighted by Gasteiger charge is 2.24. The number of para-hydroxylation sites is 2. The van der Waals surface area contributed by atoms with Gasteiger partial charge in [0.1, 0.15) is 17.1 Å². The molecule has 0 aliphatic heterocycles. The third-order valence-electron chi connectivity index (χ3n) is 4.29. The number of benzene rings is 2. The molecule has 5 heteroatoms. The zero-order chi connectivity index (χ0) is 19.1. The Morgan fingerprint density at radius 1 is 0.962 bits per heavy atom. The molecule has 0 saturated carbocycles. The Hall–Kier alpha value is -2.82. The molecule has 0 aliphatic carbocycles. The van der Waals surface area contributed by atoms with Gasteiger partial charge in [0.05, 0.1) is 0 Å². The predicted octanol–water partition coefficient (Wildman–Crippen LogP) is 4.66. The Labute approximate surface area is 153 Å². The molecule has 0 spiro atoms. The summed E-state index contributed by atoms with van der Waals surface area (Å²) in [7, 11) is 0. The molecule has 0 aromatic heterocycles. The topological polar surface area (TPSA) is 72.8 Å². The van der Waals surface area contributed by atoms with Crippen LogP contribution in [0.15, 0.2) is 48.5 Å². The van der Waals surface area contributed by atoms with Crippen LogP contribution in [0.2, 0.25) is 0 Å². The van der Waals surface area contributed by atoms with Gasteiger partial charge in [-0.25, -0.2) is 9.59 Å². The standard InChI is InChI=1S/C21H24O5/c1-4-14(3)15-10-6-8-12-18(15)25-17(5-2)21(24)26-19-13-9-7-11-16(19)20(22)23/h6-14,17H,4-5H2,1-3H3,(H,22,23). The molecular formula is C21H24O5. The largest absolute Gasteiger partial charge is 0.478 e. The molecule has 2 aromatic carbocycles. The van der Waals surface area contributed by atoms with Crippen LogP contribution in [0.3, 0.4) is 0 Å². The first-order valence-corrected chi connectivity index (χ1v) is 8.77. The van der Waals surface area contributed by atoms with Crippen LogP contribution < -0.4 is 9.47 Å². The van der Waals surface area contributed by atoms with E-state index in [2.05, 4.69) is 13.8 Å². The second kappa shape index (κ2) is 9.04. The van der Waals surface area contributed by atoms with Crippen molar-refractivity contribution in [3.05, 3.63) is 59.7 Å². The highest BCUT2D eigenvalue weighted by atomic mass is 16.6. The average Bonchev–Trinajstić information content (AvgIpc) is 2.65. The van der Waals surface area contributed by atoms with E-state index in [-0.39, 0.29) is 11.3 Å². The van der Waals surface area contributed by atoms with E-state index >= 15 is 0 Å².